The Balaban J connectivity index is 1.82. The van der Waals surface area contributed by atoms with Gasteiger partial charge in [0.25, 0.3) is 0 Å². The first kappa shape index (κ1) is 17.7. The molecule has 0 saturated heterocycles. The Hall–Kier alpha value is -1.65. The first-order chi connectivity index (χ1) is 11.1. The Morgan fingerprint density at radius 3 is 2.43 bits per heavy atom. The topological polar surface area (TPSA) is 38.3 Å². The maximum absolute atomic E-state index is 12.2. The highest BCUT2D eigenvalue weighted by molar-refractivity contribution is 8.00. The highest BCUT2D eigenvalue weighted by atomic mass is 35.5. The van der Waals surface area contributed by atoms with Crippen LogP contribution in [0.2, 0.25) is 5.02 Å². The van der Waals surface area contributed by atoms with Crippen LogP contribution in [0.5, 0.6) is 5.75 Å². The van der Waals surface area contributed by atoms with E-state index in [-0.39, 0.29) is 11.2 Å². The lowest BCUT2D eigenvalue weighted by Gasteiger charge is -2.12. The average molecular weight is 350 g/mol. The second-order valence-corrected chi connectivity index (χ2v) is 6.86. The van der Waals surface area contributed by atoms with Gasteiger partial charge in [0.15, 0.2) is 0 Å². The van der Waals surface area contributed by atoms with E-state index >= 15 is 0 Å². The van der Waals surface area contributed by atoms with E-state index in [2.05, 4.69) is 5.32 Å². The molecule has 0 bridgehead atoms. The average Bonchev–Trinajstić information content (AvgIpc) is 2.56. The first-order valence-electron chi connectivity index (χ1n) is 7.50. The fraction of sp³-hybridized carbons (Fsp3) is 0.278. The number of hydrogen-bond donors (Lipinski definition) is 1. The lowest BCUT2D eigenvalue weighted by atomic mass is 10.2. The zero-order chi connectivity index (χ0) is 16.7. The summed E-state index contributed by atoms with van der Waals surface area (Å²) in [5.74, 6) is 0.855. The fourth-order valence-corrected chi connectivity index (χ4v) is 2.99. The third-order valence-corrected chi connectivity index (χ3v) is 4.56. The van der Waals surface area contributed by atoms with Gasteiger partial charge in [-0.25, -0.2) is 0 Å². The summed E-state index contributed by atoms with van der Waals surface area (Å²) in [7, 11) is 0. The lowest BCUT2D eigenvalue weighted by Crippen LogP contribution is -2.30. The van der Waals surface area contributed by atoms with Crippen molar-refractivity contribution in [3.05, 3.63) is 59.1 Å². The SMILES string of the molecule is CCOc1ccc(CNC(=O)[C@H](C)Sc2ccc(Cl)cc2)cc1. The van der Waals surface area contributed by atoms with Crippen molar-refractivity contribution in [2.45, 2.75) is 30.5 Å². The maximum Gasteiger partial charge on any atom is 0.233 e. The summed E-state index contributed by atoms with van der Waals surface area (Å²) in [5.41, 5.74) is 1.05. The van der Waals surface area contributed by atoms with Crippen molar-refractivity contribution in [2.75, 3.05) is 6.61 Å². The number of halogens is 1. The normalized spacial score (nSPS) is 11.8. The zero-order valence-electron chi connectivity index (χ0n) is 13.2. The molecular weight excluding hydrogens is 330 g/mol. The minimum Gasteiger partial charge on any atom is -0.494 e. The van der Waals surface area contributed by atoms with E-state index in [9.17, 15) is 4.79 Å². The Morgan fingerprint density at radius 2 is 1.83 bits per heavy atom. The number of amides is 1. The van der Waals surface area contributed by atoms with Gasteiger partial charge in [0.2, 0.25) is 5.91 Å². The van der Waals surface area contributed by atoms with Crippen LogP contribution in [0.4, 0.5) is 0 Å². The summed E-state index contributed by atoms with van der Waals surface area (Å²) in [6, 6.07) is 15.2. The summed E-state index contributed by atoms with van der Waals surface area (Å²) in [6.45, 7) is 5.01. The summed E-state index contributed by atoms with van der Waals surface area (Å²) in [4.78, 5) is 13.2. The van der Waals surface area contributed by atoms with Gasteiger partial charge in [0, 0.05) is 16.5 Å². The van der Waals surface area contributed by atoms with Gasteiger partial charge in [0.1, 0.15) is 5.75 Å². The lowest BCUT2D eigenvalue weighted by molar-refractivity contribution is -0.120. The van der Waals surface area contributed by atoms with Crippen LogP contribution in [0.25, 0.3) is 0 Å². The van der Waals surface area contributed by atoms with Crippen molar-refractivity contribution < 1.29 is 9.53 Å². The van der Waals surface area contributed by atoms with Crippen molar-refractivity contribution in [3.8, 4) is 5.75 Å². The van der Waals surface area contributed by atoms with E-state index < -0.39 is 0 Å². The molecule has 1 amide bonds. The zero-order valence-corrected chi connectivity index (χ0v) is 14.8. The second-order valence-electron chi connectivity index (χ2n) is 5.01. The molecule has 122 valence electrons. The van der Waals surface area contributed by atoms with Gasteiger partial charge in [-0.05, 0) is 55.8 Å². The highest BCUT2D eigenvalue weighted by Crippen LogP contribution is 2.24. The molecule has 0 aliphatic heterocycles. The summed E-state index contributed by atoms with van der Waals surface area (Å²) in [5, 5.41) is 3.48. The molecule has 0 aliphatic rings. The van der Waals surface area contributed by atoms with Crippen molar-refractivity contribution in [1.82, 2.24) is 5.32 Å². The minimum absolute atomic E-state index is 0.0128. The molecule has 0 aliphatic carbocycles. The van der Waals surface area contributed by atoms with E-state index in [1.54, 1.807) is 0 Å². The molecule has 2 aromatic carbocycles. The van der Waals surface area contributed by atoms with Crippen LogP contribution in [0.1, 0.15) is 19.4 Å². The number of carbonyl (C=O) groups is 1. The quantitative estimate of drug-likeness (QED) is 0.746. The number of rotatable bonds is 7. The number of thioether (sulfide) groups is 1. The predicted molar refractivity (Wildman–Crippen MR) is 96.2 cm³/mol. The Labute approximate surface area is 146 Å². The number of ether oxygens (including phenoxy) is 1. The summed E-state index contributed by atoms with van der Waals surface area (Å²) < 4.78 is 5.40. The van der Waals surface area contributed by atoms with Crippen molar-refractivity contribution in [2.24, 2.45) is 0 Å². The van der Waals surface area contributed by atoms with Crippen LogP contribution >= 0.6 is 23.4 Å². The van der Waals surface area contributed by atoms with Crippen molar-refractivity contribution in [3.63, 3.8) is 0 Å². The van der Waals surface area contributed by atoms with E-state index in [4.69, 9.17) is 16.3 Å². The second kappa shape index (κ2) is 8.85. The van der Waals surface area contributed by atoms with Gasteiger partial charge in [0.05, 0.1) is 11.9 Å². The maximum atomic E-state index is 12.2. The third-order valence-electron chi connectivity index (χ3n) is 3.20. The molecule has 1 atom stereocenters. The standard InChI is InChI=1S/C18H20ClNO2S/c1-3-22-16-8-4-14(5-9-16)12-20-18(21)13(2)23-17-10-6-15(19)7-11-17/h4-11,13H,3,12H2,1-2H3,(H,20,21)/t13-/m0/s1. The number of nitrogens with one attached hydrogen (secondary N) is 1. The minimum atomic E-state index is -0.168. The van der Waals surface area contributed by atoms with Crippen LogP contribution in [-0.4, -0.2) is 17.8 Å². The molecular formula is C18H20ClNO2S. The Morgan fingerprint density at radius 1 is 1.17 bits per heavy atom. The van der Waals surface area contributed by atoms with Crippen molar-refractivity contribution in [1.29, 1.82) is 0 Å². The molecule has 0 heterocycles. The molecule has 2 aromatic rings. The van der Waals surface area contributed by atoms with E-state index in [1.165, 1.54) is 11.8 Å². The van der Waals surface area contributed by atoms with Crippen LogP contribution in [0.15, 0.2) is 53.4 Å². The molecule has 5 heteroatoms. The highest BCUT2D eigenvalue weighted by Gasteiger charge is 2.13. The molecule has 0 spiro atoms. The molecule has 0 saturated carbocycles. The number of benzene rings is 2. The molecule has 23 heavy (non-hydrogen) atoms. The van der Waals surface area contributed by atoms with E-state index in [1.807, 2.05) is 62.4 Å². The third kappa shape index (κ3) is 5.81. The summed E-state index contributed by atoms with van der Waals surface area (Å²) in [6.07, 6.45) is 0. The van der Waals surface area contributed by atoms with Gasteiger partial charge in [-0.15, -0.1) is 11.8 Å². The largest absolute Gasteiger partial charge is 0.494 e. The van der Waals surface area contributed by atoms with Gasteiger partial charge < -0.3 is 10.1 Å². The molecule has 3 nitrogen and oxygen atoms in total. The van der Waals surface area contributed by atoms with Crippen molar-refractivity contribution >= 4 is 29.3 Å². The molecule has 0 radical (unpaired) electrons. The van der Waals surface area contributed by atoms with Crippen LogP contribution in [0.3, 0.4) is 0 Å². The van der Waals surface area contributed by atoms with Crippen LogP contribution in [-0.2, 0) is 11.3 Å². The monoisotopic (exact) mass is 349 g/mol. The van der Waals surface area contributed by atoms with E-state index in [0.29, 0.717) is 18.2 Å². The van der Waals surface area contributed by atoms with Gasteiger partial charge in [-0.2, -0.15) is 0 Å². The molecule has 1 N–H and O–H groups in total. The predicted octanol–water partition coefficient (Wildman–Crippen LogP) is 4.54. The molecule has 0 aromatic heterocycles. The van der Waals surface area contributed by atoms with E-state index in [0.717, 1.165) is 16.2 Å². The van der Waals surface area contributed by atoms with Gasteiger partial charge in [-0.3, -0.25) is 4.79 Å². The molecule has 2 rings (SSSR count). The molecule has 0 unspecified atom stereocenters. The fourth-order valence-electron chi connectivity index (χ4n) is 1.97. The first-order valence-corrected chi connectivity index (χ1v) is 8.76. The van der Waals surface area contributed by atoms with Gasteiger partial charge in [-0.1, -0.05) is 23.7 Å². The Kier molecular flexibility index (Phi) is 6.81. The number of carbonyl (C=O) groups excluding carboxylic acids is 1. The number of hydrogen-bond acceptors (Lipinski definition) is 3. The summed E-state index contributed by atoms with van der Waals surface area (Å²) >= 11 is 7.38. The van der Waals surface area contributed by atoms with Gasteiger partial charge >= 0.3 is 0 Å². The smallest absolute Gasteiger partial charge is 0.233 e. The Bertz CT molecular complexity index is 628. The van der Waals surface area contributed by atoms with Crippen LogP contribution in [0, 0.1) is 0 Å². The molecule has 0 fully saturated rings. The van der Waals surface area contributed by atoms with Crippen LogP contribution < -0.4 is 10.1 Å².